The van der Waals surface area contributed by atoms with Crippen molar-refractivity contribution < 1.29 is 10.2 Å². The molecule has 0 aliphatic heterocycles. The Hall–Kier alpha value is -1.42. The highest BCUT2D eigenvalue weighted by Crippen LogP contribution is 2.13. The van der Waals surface area contributed by atoms with Crippen molar-refractivity contribution in [1.29, 1.82) is 0 Å². The first-order valence-corrected chi connectivity index (χ1v) is 7.67. The molecule has 0 radical (unpaired) electrons. The lowest BCUT2D eigenvalue weighted by molar-refractivity contribution is 0.318. The first-order chi connectivity index (χ1) is 10.2. The second-order valence-corrected chi connectivity index (χ2v) is 4.84. The Labute approximate surface area is 135 Å². The van der Waals surface area contributed by atoms with Gasteiger partial charge in [0.25, 0.3) is 0 Å². The van der Waals surface area contributed by atoms with Gasteiger partial charge in [0.2, 0.25) is 0 Å². The minimum absolute atomic E-state index is 0.250. The summed E-state index contributed by atoms with van der Waals surface area (Å²) in [6, 6.07) is 18.6. The predicted molar refractivity (Wildman–Crippen MR) is 95.0 cm³/mol. The number of hydrogen-bond acceptors (Lipinski definition) is 2. The number of benzene rings is 2. The van der Waals surface area contributed by atoms with Crippen molar-refractivity contribution in [1.82, 2.24) is 0 Å². The van der Waals surface area contributed by atoms with E-state index in [0.29, 0.717) is 0 Å². The van der Waals surface area contributed by atoms with E-state index in [1.165, 1.54) is 11.1 Å². The van der Waals surface area contributed by atoms with Gasteiger partial charge in [0.15, 0.2) is 0 Å². The SMILES string of the molecule is Brc1ccc(C=Cc2ccccc2)cc1.CCO.CCO. The van der Waals surface area contributed by atoms with Gasteiger partial charge in [-0.1, -0.05) is 70.5 Å². The van der Waals surface area contributed by atoms with E-state index in [0.717, 1.165) is 4.47 Å². The van der Waals surface area contributed by atoms with Crippen LogP contribution in [0, 0.1) is 0 Å². The first kappa shape index (κ1) is 19.6. The van der Waals surface area contributed by atoms with Crippen LogP contribution in [0.5, 0.6) is 0 Å². The number of hydrogen-bond donors (Lipinski definition) is 2. The molecule has 0 bridgehead atoms. The fraction of sp³-hybridized carbons (Fsp3) is 0.222. The maximum atomic E-state index is 7.57. The summed E-state index contributed by atoms with van der Waals surface area (Å²) in [6.45, 7) is 3.86. The van der Waals surface area contributed by atoms with Crippen LogP contribution in [0.25, 0.3) is 12.2 Å². The Morgan fingerprint density at radius 3 is 1.57 bits per heavy atom. The van der Waals surface area contributed by atoms with Crippen LogP contribution in [-0.4, -0.2) is 23.4 Å². The lowest BCUT2D eigenvalue weighted by Crippen LogP contribution is -1.72. The number of rotatable bonds is 2. The summed E-state index contributed by atoms with van der Waals surface area (Å²) < 4.78 is 1.11. The third kappa shape index (κ3) is 11.0. The molecule has 0 fully saturated rings. The topological polar surface area (TPSA) is 40.5 Å². The normalized spacial score (nSPS) is 9.38. The molecule has 0 amide bonds. The molecule has 0 atom stereocenters. The lowest BCUT2D eigenvalue weighted by atomic mass is 10.1. The monoisotopic (exact) mass is 350 g/mol. The molecular formula is C18H23BrO2. The highest BCUT2D eigenvalue weighted by Gasteiger charge is 1.87. The standard InChI is InChI=1S/C14H11Br.2C2H6O/c15-14-10-8-13(9-11-14)7-6-12-4-2-1-3-5-12;2*1-2-3/h1-11H;2*3H,2H2,1H3. The minimum Gasteiger partial charge on any atom is -0.397 e. The molecule has 114 valence electrons. The molecule has 2 nitrogen and oxygen atoms in total. The van der Waals surface area contributed by atoms with Gasteiger partial charge < -0.3 is 10.2 Å². The van der Waals surface area contributed by atoms with Crippen LogP contribution in [-0.2, 0) is 0 Å². The maximum absolute atomic E-state index is 7.57. The summed E-state index contributed by atoms with van der Waals surface area (Å²) in [5.74, 6) is 0. The Bertz CT molecular complexity index is 476. The van der Waals surface area contributed by atoms with Gasteiger partial charge in [-0.05, 0) is 37.1 Å². The highest BCUT2D eigenvalue weighted by molar-refractivity contribution is 9.10. The summed E-state index contributed by atoms with van der Waals surface area (Å²) >= 11 is 3.42. The van der Waals surface area contributed by atoms with Crippen molar-refractivity contribution in [3.63, 3.8) is 0 Å². The summed E-state index contributed by atoms with van der Waals surface area (Å²) in [4.78, 5) is 0. The third-order valence-electron chi connectivity index (χ3n) is 2.14. The van der Waals surface area contributed by atoms with Crippen LogP contribution in [0.4, 0.5) is 0 Å². The second kappa shape index (κ2) is 13.6. The van der Waals surface area contributed by atoms with Crippen LogP contribution < -0.4 is 0 Å². The van der Waals surface area contributed by atoms with E-state index in [4.69, 9.17) is 10.2 Å². The summed E-state index contributed by atoms with van der Waals surface area (Å²) in [6.07, 6.45) is 4.23. The zero-order chi connectivity index (χ0) is 15.9. The van der Waals surface area contributed by atoms with Gasteiger partial charge in [0, 0.05) is 17.7 Å². The Kier molecular flexibility index (Phi) is 12.6. The molecular weight excluding hydrogens is 328 g/mol. The van der Waals surface area contributed by atoms with E-state index in [9.17, 15) is 0 Å². The number of aliphatic hydroxyl groups excluding tert-OH is 2. The van der Waals surface area contributed by atoms with Crippen LogP contribution in [0.15, 0.2) is 59.1 Å². The smallest absolute Gasteiger partial charge is 0.0402 e. The summed E-state index contributed by atoms with van der Waals surface area (Å²) in [5.41, 5.74) is 2.43. The molecule has 0 spiro atoms. The first-order valence-electron chi connectivity index (χ1n) is 6.88. The van der Waals surface area contributed by atoms with E-state index < -0.39 is 0 Å². The summed E-state index contributed by atoms with van der Waals surface area (Å²) in [5, 5.41) is 15.1. The van der Waals surface area contributed by atoms with Crippen molar-refractivity contribution in [2.75, 3.05) is 13.2 Å². The van der Waals surface area contributed by atoms with E-state index in [2.05, 4.69) is 52.3 Å². The number of aliphatic hydroxyl groups is 2. The molecule has 2 N–H and O–H groups in total. The van der Waals surface area contributed by atoms with Crippen molar-refractivity contribution in [2.24, 2.45) is 0 Å². The summed E-state index contributed by atoms with van der Waals surface area (Å²) in [7, 11) is 0. The Balaban J connectivity index is 0.000000578. The molecule has 0 aliphatic carbocycles. The third-order valence-corrected chi connectivity index (χ3v) is 2.67. The molecule has 0 saturated heterocycles. The van der Waals surface area contributed by atoms with E-state index in [1.54, 1.807) is 13.8 Å². The lowest BCUT2D eigenvalue weighted by Gasteiger charge is -1.94. The quantitative estimate of drug-likeness (QED) is 0.776. The van der Waals surface area contributed by atoms with Gasteiger partial charge in [0.05, 0.1) is 0 Å². The van der Waals surface area contributed by atoms with Gasteiger partial charge in [0.1, 0.15) is 0 Å². The van der Waals surface area contributed by atoms with Gasteiger partial charge in [-0.2, -0.15) is 0 Å². The van der Waals surface area contributed by atoms with Crippen molar-refractivity contribution >= 4 is 28.1 Å². The zero-order valence-corrected chi connectivity index (χ0v) is 14.1. The van der Waals surface area contributed by atoms with Crippen molar-refractivity contribution in [3.05, 3.63) is 70.2 Å². The molecule has 0 saturated carbocycles. The van der Waals surface area contributed by atoms with E-state index in [1.807, 2.05) is 30.3 Å². The highest BCUT2D eigenvalue weighted by atomic mass is 79.9. The van der Waals surface area contributed by atoms with Crippen molar-refractivity contribution in [2.45, 2.75) is 13.8 Å². The molecule has 0 unspecified atom stereocenters. The van der Waals surface area contributed by atoms with Gasteiger partial charge >= 0.3 is 0 Å². The van der Waals surface area contributed by atoms with Gasteiger partial charge in [-0.3, -0.25) is 0 Å². The van der Waals surface area contributed by atoms with Crippen LogP contribution in [0.3, 0.4) is 0 Å². The molecule has 2 aromatic carbocycles. The molecule has 21 heavy (non-hydrogen) atoms. The maximum Gasteiger partial charge on any atom is 0.0402 e. The predicted octanol–water partition coefficient (Wildman–Crippen LogP) is 4.62. The van der Waals surface area contributed by atoms with Crippen LogP contribution >= 0.6 is 15.9 Å². The molecule has 3 heteroatoms. The van der Waals surface area contributed by atoms with Crippen molar-refractivity contribution in [3.8, 4) is 0 Å². The second-order valence-electron chi connectivity index (χ2n) is 3.93. The van der Waals surface area contributed by atoms with Gasteiger partial charge in [-0.15, -0.1) is 0 Å². The molecule has 2 aromatic rings. The van der Waals surface area contributed by atoms with Gasteiger partial charge in [-0.25, -0.2) is 0 Å². The molecule has 2 rings (SSSR count). The fourth-order valence-corrected chi connectivity index (χ4v) is 1.59. The van der Waals surface area contributed by atoms with E-state index in [-0.39, 0.29) is 13.2 Å². The molecule has 0 aliphatic rings. The molecule has 0 aromatic heterocycles. The number of halogens is 1. The Morgan fingerprint density at radius 2 is 1.14 bits per heavy atom. The minimum atomic E-state index is 0.250. The Morgan fingerprint density at radius 1 is 0.762 bits per heavy atom. The largest absolute Gasteiger partial charge is 0.397 e. The average Bonchev–Trinajstić information content (AvgIpc) is 2.49. The van der Waals surface area contributed by atoms with Crippen LogP contribution in [0.2, 0.25) is 0 Å². The average molecular weight is 351 g/mol. The zero-order valence-electron chi connectivity index (χ0n) is 12.5. The molecule has 0 heterocycles. The fourth-order valence-electron chi connectivity index (χ4n) is 1.33. The van der Waals surface area contributed by atoms with Crippen LogP contribution in [0.1, 0.15) is 25.0 Å². The van der Waals surface area contributed by atoms with E-state index >= 15 is 0 Å².